The molecule has 0 aromatic heterocycles. The molecule has 2 aliphatic heterocycles. The Balaban J connectivity index is 1.80. The van der Waals surface area contributed by atoms with Crippen molar-refractivity contribution in [2.45, 2.75) is 48.7 Å². The molecule has 116 valence electrons. The van der Waals surface area contributed by atoms with Crippen LogP contribution in [0.15, 0.2) is 27.6 Å². The Morgan fingerprint density at radius 3 is 2.57 bits per heavy atom. The maximum absolute atomic E-state index is 12.6. The van der Waals surface area contributed by atoms with E-state index >= 15 is 0 Å². The third-order valence-corrected chi connectivity index (χ3v) is 6.74. The second-order valence-electron chi connectivity index (χ2n) is 5.72. The lowest BCUT2D eigenvalue weighted by atomic mass is 10.0. The molecule has 5 nitrogen and oxygen atoms in total. The predicted octanol–water partition coefficient (Wildman–Crippen LogP) is 2.02. The van der Waals surface area contributed by atoms with E-state index in [4.69, 9.17) is 4.74 Å². The summed E-state index contributed by atoms with van der Waals surface area (Å²) in [5.41, 5.74) is 0. The fraction of sp³-hybridized carbons (Fsp3) is 0.571. The lowest BCUT2D eigenvalue weighted by molar-refractivity contribution is 0.345. The molecule has 2 atom stereocenters. The van der Waals surface area contributed by atoms with Gasteiger partial charge in [0.2, 0.25) is 10.0 Å². The summed E-state index contributed by atoms with van der Waals surface area (Å²) in [7, 11) is -2.02. The number of sulfonamides is 1. The number of methoxy groups -OCH3 is 1. The highest BCUT2D eigenvalue weighted by atomic mass is 79.9. The topological polar surface area (TPSA) is 67.4 Å². The van der Waals surface area contributed by atoms with E-state index in [9.17, 15) is 8.42 Å². The van der Waals surface area contributed by atoms with Crippen LogP contribution in [0.5, 0.6) is 5.75 Å². The van der Waals surface area contributed by atoms with Crippen LogP contribution < -0.4 is 14.8 Å². The number of rotatable bonds is 4. The van der Waals surface area contributed by atoms with Gasteiger partial charge in [-0.3, -0.25) is 0 Å². The van der Waals surface area contributed by atoms with Gasteiger partial charge in [0.05, 0.1) is 12.0 Å². The van der Waals surface area contributed by atoms with Gasteiger partial charge in [0, 0.05) is 28.7 Å². The van der Waals surface area contributed by atoms with Gasteiger partial charge in [0.1, 0.15) is 5.75 Å². The molecule has 2 heterocycles. The Morgan fingerprint density at radius 2 is 1.95 bits per heavy atom. The number of piperidine rings is 1. The van der Waals surface area contributed by atoms with Crippen LogP contribution in [0, 0.1) is 0 Å². The number of hydrogen-bond donors (Lipinski definition) is 2. The Kier molecular flexibility index (Phi) is 4.27. The first-order chi connectivity index (χ1) is 9.98. The first-order valence-electron chi connectivity index (χ1n) is 7.10. The summed E-state index contributed by atoms with van der Waals surface area (Å²) in [6, 6.07) is 5.87. The highest BCUT2D eigenvalue weighted by Crippen LogP contribution is 2.30. The molecule has 0 amide bonds. The molecule has 1 aromatic carbocycles. The van der Waals surface area contributed by atoms with Crippen molar-refractivity contribution in [2.75, 3.05) is 7.11 Å². The maximum Gasteiger partial charge on any atom is 0.242 e. The molecular weight excluding hydrogens is 356 g/mol. The van der Waals surface area contributed by atoms with Crippen LogP contribution in [0.2, 0.25) is 0 Å². The minimum absolute atomic E-state index is 0.00634. The Morgan fingerprint density at radius 1 is 1.29 bits per heavy atom. The molecule has 2 aliphatic rings. The number of ether oxygens (including phenoxy) is 1. The predicted molar refractivity (Wildman–Crippen MR) is 84.0 cm³/mol. The third-order valence-electron chi connectivity index (χ3n) is 4.22. The summed E-state index contributed by atoms with van der Waals surface area (Å²) < 4.78 is 33.7. The molecule has 2 unspecified atom stereocenters. The highest BCUT2D eigenvalue weighted by Gasteiger charge is 2.35. The molecular formula is C14H19BrN2O3S. The van der Waals surface area contributed by atoms with Gasteiger partial charge in [-0.05, 0) is 53.7 Å². The zero-order valence-corrected chi connectivity index (χ0v) is 14.2. The molecule has 0 spiro atoms. The summed E-state index contributed by atoms with van der Waals surface area (Å²) in [6.45, 7) is 0. The normalized spacial score (nSPS) is 28.6. The van der Waals surface area contributed by atoms with E-state index in [1.165, 1.54) is 7.11 Å². The van der Waals surface area contributed by atoms with Crippen molar-refractivity contribution in [2.24, 2.45) is 0 Å². The average molecular weight is 375 g/mol. The molecule has 0 radical (unpaired) electrons. The molecule has 2 fully saturated rings. The molecule has 1 aromatic rings. The third kappa shape index (κ3) is 3.26. The van der Waals surface area contributed by atoms with E-state index in [2.05, 4.69) is 26.0 Å². The molecule has 2 bridgehead atoms. The van der Waals surface area contributed by atoms with Crippen LogP contribution in [0.3, 0.4) is 0 Å². The van der Waals surface area contributed by atoms with Crippen LogP contribution in [0.4, 0.5) is 0 Å². The number of halogens is 1. The van der Waals surface area contributed by atoms with Crippen molar-refractivity contribution in [1.82, 2.24) is 10.0 Å². The first-order valence-corrected chi connectivity index (χ1v) is 9.37. The summed E-state index contributed by atoms with van der Waals surface area (Å²) in [4.78, 5) is 0.229. The van der Waals surface area contributed by atoms with Gasteiger partial charge < -0.3 is 10.1 Å². The Labute approximate surface area is 133 Å². The fourth-order valence-electron chi connectivity index (χ4n) is 3.25. The standard InChI is InChI=1S/C14H19BrN2O3S/c1-20-12-4-5-13(15)14(8-12)21(18,19)17-11-6-9-2-3-10(7-11)16-9/h4-5,8-11,16-17H,2-3,6-7H2,1H3. The SMILES string of the molecule is COc1ccc(Br)c(S(=O)(=O)NC2CC3CCC(C2)N3)c1. The molecule has 2 saturated heterocycles. The van der Waals surface area contributed by atoms with Crippen molar-refractivity contribution in [3.05, 3.63) is 22.7 Å². The summed E-state index contributed by atoms with van der Waals surface area (Å²) in [5, 5.41) is 3.51. The van der Waals surface area contributed by atoms with E-state index in [-0.39, 0.29) is 10.9 Å². The number of nitrogens with one attached hydrogen (secondary N) is 2. The minimum Gasteiger partial charge on any atom is -0.497 e. The molecule has 3 rings (SSSR count). The van der Waals surface area contributed by atoms with Crippen molar-refractivity contribution < 1.29 is 13.2 Å². The second kappa shape index (κ2) is 5.87. The van der Waals surface area contributed by atoms with E-state index < -0.39 is 10.0 Å². The van der Waals surface area contributed by atoms with E-state index in [1.807, 2.05) is 0 Å². The van der Waals surface area contributed by atoms with E-state index in [0.717, 1.165) is 25.7 Å². The summed E-state index contributed by atoms with van der Waals surface area (Å²) >= 11 is 3.31. The van der Waals surface area contributed by atoms with Crippen molar-refractivity contribution in [3.63, 3.8) is 0 Å². The molecule has 2 N–H and O–H groups in total. The van der Waals surface area contributed by atoms with Crippen LogP contribution in [0.25, 0.3) is 0 Å². The summed E-state index contributed by atoms with van der Waals surface area (Å²) in [5.74, 6) is 0.531. The van der Waals surface area contributed by atoms with Gasteiger partial charge in [-0.2, -0.15) is 0 Å². The lowest BCUT2D eigenvalue weighted by Gasteiger charge is -2.29. The van der Waals surface area contributed by atoms with Gasteiger partial charge in [0.15, 0.2) is 0 Å². The fourth-order valence-corrected chi connectivity index (χ4v) is 5.49. The van der Waals surface area contributed by atoms with Gasteiger partial charge in [-0.15, -0.1) is 0 Å². The smallest absolute Gasteiger partial charge is 0.242 e. The zero-order chi connectivity index (χ0) is 15.0. The summed E-state index contributed by atoms with van der Waals surface area (Å²) in [6.07, 6.45) is 4.01. The van der Waals surface area contributed by atoms with Gasteiger partial charge in [-0.25, -0.2) is 13.1 Å². The quantitative estimate of drug-likeness (QED) is 0.845. The average Bonchev–Trinajstić information content (AvgIpc) is 2.78. The largest absolute Gasteiger partial charge is 0.497 e. The zero-order valence-electron chi connectivity index (χ0n) is 11.8. The van der Waals surface area contributed by atoms with Crippen molar-refractivity contribution in [1.29, 1.82) is 0 Å². The van der Waals surface area contributed by atoms with Crippen LogP contribution in [-0.2, 0) is 10.0 Å². The molecule has 0 saturated carbocycles. The lowest BCUT2D eigenvalue weighted by Crippen LogP contribution is -2.47. The molecule has 7 heteroatoms. The molecule has 0 aliphatic carbocycles. The molecule has 21 heavy (non-hydrogen) atoms. The van der Waals surface area contributed by atoms with Crippen molar-refractivity contribution >= 4 is 26.0 Å². The van der Waals surface area contributed by atoms with Crippen LogP contribution >= 0.6 is 15.9 Å². The van der Waals surface area contributed by atoms with E-state index in [0.29, 0.717) is 22.3 Å². The first kappa shape index (κ1) is 15.3. The van der Waals surface area contributed by atoms with Gasteiger partial charge in [-0.1, -0.05) is 0 Å². The van der Waals surface area contributed by atoms with E-state index in [1.54, 1.807) is 18.2 Å². The Bertz CT molecular complexity index is 623. The second-order valence-corrected chi connectivity index (χ2v) is 8.26. The Hall–Kier alpha value is -0.630. The number of benzene rings is 1. The maximum atomic E-state index is 12.6. The van der Waals surface area contributed by atoms with Gasteiger partial charge >= 0.3 is 0 Å². The highest BCUT2D eigenvalue weighted by molar-refractivity contribution is 9.10. The van der Waals surface area contributed by atoms with Crippen LogP contribution in [-0.4, -0.2) is 33.7 Å². The monoisotopic (exact) mass is 374 g/mol. The number of hydrogen-bond acceptors (Lipinski definition) is 4. The van der Waals surface area contributed by atoms with Crippen molar-refractivity contribution in [3.8, 4) is 5.75 Å². The van der Waals surface area contributed by atoms with Gasteiger partial charge in [0.25, 0.3) is 0 Å². The number of fused-ring (bicyclic) bond motifs is 2. The van der Waals surface area contributed by atoms with Crippen LogP contribution in [0.1, 0.15) is 25.7 Å². The minimum atomic E-state index is -3.55.